The van der Waals surface area contributed by atoms with Crippen LogP contribution in [0.25, 0.3) is 0 Å². The van der Waals surface area contributed by atoms with Crippen LogP contribution in [0.3, 0.4) is 0 Å². The zero-order valence-corrected chi connectivity index (χ0v) is 13.8. The second-order valence-corrected chi connectivity index (χ2v) is 8.80. The van der Waals surface area contributed by atoms with Gasteiger partial charge in [0, 0.05) is 24.1 Å². The lowest BCUT2D eigenvalue weighted by Crippen LogP contribution is -2.43. The lowest BCUT2D eigenvalue weighted by molar-refractivity contribution is 0.203. The van der Waals surface area contributed by atoms with Gasteiger partial charge < -0.3 is 5.32 Å². The molecule has 1 N–H and O–H groups in total. The minimum atomic E-state index is -2.83. The van der Waals surface area contributed by atoms with Gasteiger partial charge >= 0.3 is 0 Å². The van der Waals surface area contributed by atoms with Crippen molar-refractivity contribution in [1.82, 2.24) is 5.32 Å². The number of rotatable bonds is 8. The van der Waals surface area contributed by atoms with E-state index in [1.807, 2.05) is 0 Å². The minimum absolute atomic E-state index is 0.117. The molecule has 0 radical (unpaired) electrons. The molecule has 0 rings (SSSR count). The average molecular weight is 277 g/mol. The monoisotopic (exact) mass is 277 g/mol. The molecule has 0 spiro atoms. The predicted octanol–water partition coefficient (Wildman–Crippen LogP) is 3.01. The zero-order chi connectivity index (χ0) is 14.4. The van der Waals surface area contributed by atoms with E-state index in [0.29, 0.717) is 5.75 Å². The van der Waals surface area contributed by atoms with E-state index in [0.717, 1.165) is 32.2 Å². The summed E-state index contributed by atoms with van der Waals surface area (Å²) in [4.78, 5) is 0. The first-order chi connectivity index (χ1) is 8.04. The van der Waals surface area contributed by atoms with Crippen molar-refractivity contribution in [3.05, 3.63) is 0 Å². The molecule has 0 aromatic heterocycles. The van der Waals surface area contributed by atoms with E-state index in [2.05, 4.69) is 39.9 Å². The van der Waals surface area contributed by atoms with E-state index in [1.54, 1.807) is 0 Å². The number of hydrogen-bond donors (Lipinski definition) is 1. The third-order valence-electron chi connectivity index (χ3n) is 3.72. The topological polar surface area (TPSA) is 46.2 Å². The van der Waals surface area contributed by atoms with Crippen molar-refractivity contribution in [2.75, 3.05) is 18.6 Å². The Morgan fingerprint density at radius 3 is 1.89 bits per heavy atom. The Morgan fingerprint density at radius 1 is 1.06 bits per heavy atom. The Balaban J connectivity index is 4.43. The van der Waals surface area contributed by atoms with Gasteiger partial charge in [-0.1, -0.05) is 13.8 Å². The first-order valence-electron chi connectivity index (χ1n) is 6.96. The molecule has 18 heavy (non-hydrogen) atoms. The van der Waals surface area contributed by atoms with Crippen LogP contribution in [0.2, 0.25) is 0 Å². The van der Waals surface area contributed by atoms with E-state index in [4.69, 9.17) is 0 Å². The molecular formula is C14H31NO2S. The molecule has 3 nitrogen and oxygen atoms in total. The fourth-order valence-electron chi connectivity index (χ4n) is 2.10. The smallest absolute Gasteiger partial charge is 0.147 e. The molecule has 0 fully saturated rings. The maximum Gasteiger partial charge on any atom is 0.147 e. The Hall–Kier alpha value is -0.0900. The highest BCUT2D eigenvalue weighted by atomic mass is 32.2. The lowest BCUT2D eigenvalue weighted by atomic mass is 9.78. The van der Waals surface area contributed by atoms with Crippen molar-refractivity contribution in [1.29, 1.82) is 0 Å². The highest BCUT2D eigenvalue weighted by Gasteiger charge is 2.27. The van der Waals surface area contributed by atoms with Crippen molar-refractivity contribution in [2.45, 2.75) is 65.8 Å². The molecule has 0 aliphatic carbocycles. The summed E-state index contributed by atoms with van der Waals surface area (Å²) in [6.07, 6.45) is 5.26. The molecule has 0 aliphatic heterocycles. The van der Waals surface area contributed by atoms with Gasteiger partial charge in [0.2, 0.25) is 0 Å². The second-order valence-electron chi connectivity index (χ2n) is 6.54. The number of hydrogen-bond acceptors (Lipinski definition) is 3. The SMILES string of the molecule is CCC(CC)(CCCS(C)(=O)=O)CNC(C)(C)C. The first kappa shape index (κ1) is 17.9. The van der Waals surface area contributed by atoms with E-state index >= 15 is 0 Å². The molecule has 0 atom stereocenters. The van der Waals surface area contributed by atoms with Crippen LogP contribution >= 0.6 is 0 Å². The fraction of sp³-hybridized carbons (Fsp3) is 1.00. The Labute approximate surface area is 114 Å². The van der Waals surface area contributed by atoms with Crippen molar-refractivity contribution in [3.63, 3.8) is 0 Å². The summed E-state index contributed by atoms with van der Waals surface area (Å²) in [7, 11) is -2.83. The zero-order valence-electron chi connectivity index (χ0n) is 13.0. The number of sulfone groups is 1. The molecule has 4 heteroatoms. The normalized spacial score (nSPS) is 13.9. The van der Waals surface area contributed by atoms with Gasteiger partial charge in [-0.05, 0) is 51.9 Å². The standard InChI is InChI=1S/C14H31NO2S/c1-7-14(8-2,12-15-13(3,4)5)10-9-11-18(6,16)17/h15H,7-12H2,1-6H3. The van der Waals surface area contributed by atoms with Crippen molar-refractivity contribution in [3.8, 4) is 0 Å². The van der Waals surface area contributed by atoms with Crippen LogP contribution in [-0.4, -0.2) is 32.5 Å². The van der Waals surface area contributed by atoms with Gasteiger partial charge in [0.1, 0.15) is 9.84 Å². The first-order valence-corrected chi connectivity index (χ1v) is 9.02. The minimum Gasteiger partial charge on any atom is -0.312 e. The molecule has 0 saturated carbocycles. The molecule has 0 bridgehead atoms. The molecule has 0 unspecified atom stereocenters. The Kier molecular flexibility index (Phi) is 6.86. The van der Waals surface area contributed by atoms with Crippen LogP contribution in [0.5, 0.6) is 0 Å². The highest BCUT2D eigenvalue weighted by molar-refractivity contribution is 7.90. The second kappa shape index (κ2) is 6.90. The van der Waals surface area contributed by atoms with Gasteiger partial charge in [0.15, 0.2) is 0 Å². The van der Waals surface area contributed by atoms with Gasteiger partial charge in [-0.15, -0.1) is 0 Å². The third-order valence-corrected chi connectivity index (χ3v) is 4.75. The van der Waals surface area contributed by atoms with Crippen LogP contribution in [0.15, 0.2) is 0 Å². The Morgan fingerprint density at radius 2 is 1.56 bits per heavy atom. The maximum absolute atomic E-state index is 11.2. The van der Waals surface area contributed by atoms with Gasteiger partial charge in [-0.2, -0.15) is 0 Å². The molecule has 0 aromatic carbocycles. The summed E-state index contributed by atoms with van der Waals surface area (Å²) in [5.41, 5.74) is 0.352. The van der Waals surface area contributed by atoms with Crippen molar-refractivity contribution >= 4 is 9.84 Å². The van der Waals surface area contributed by atoms with Gasteiger partial charge in [0.25, 0.3) is 0 Å². The molecule has 0 aliphatic rings. The summed E-state index contributed by atoms with van der Waals surface area (Å²) in [5.74, 6) is 0.310. The Bertz CT molecular complexity index is 324. The molecule has 0 aromatic rings. The molecule has 0 amide bonds. The lowest BCUT2D eigenvalue weighted by Gasteiger charge is -2.35. The van der Waals surface area contributed by atoms with Crippen LogP contribution in [0, 0.1) is 5.41 Å². The predicted molar refractivity (Wildman–Crippen MR) is 79.7 cm³/mol. The van der Waals surface area contributed by atoms with Crippen molar-refractivity contribution < 1.29 is 8.42 Å². The summed E-state index contributed by atoms with van der Waals surface area (Å²) in [6, 6.07) is 0. The van der Waals surface area contributed by atoms with E-state index in [9.17, 15) is 8.42 Å². The highest BCUT2D eigenvalue weighted by Crippen LogP contribution is 2.32. The summed E-state index contributed by atoms with van der Waals surface area (Å²) in [6.45, 7) is 11.9. The molecule has 110 valence electrons. The summed E-state index contributed by atoms with van der Waals surface area (Å²) >= 11 is 0. The molecular weight excluding hydrogens is 246 g/mol. The van der Waals surface area contributed by atoms with Gasteiger partial charge in [-0.25, -0.2) is 8.42 Å². The summed E-state index contributed by atoms with van der Waals surface area (Å²) < 4.78 is 22.4. The van der Waals surface area contributed by atoms with E-state index in [1.165, 1.54) is 6.26 Å². The fourth-order valence-corrected chi connectivity index (χ4v) is 2.77. The molecule has 0 heterocycles. The van der Waals surface area contributed by atoms with Crippen LogP contribution in [-0.2, 0) is 9.84 Å². The maximum atomic E-state index is 11.2. The van der Waals surface area contributed by atoms with Crippen LogP contribution < -0.4 is 5.32 Å². The third kappa shape index (κ3) is 8.09. The van der Waals surface area contributed by atoms with Gasteiger partial charge in [-0.3, -0.25) is 0 Å². The average Bonchev–Trinajstić information content (AvgIpc) is 2.20. The number of nitrogens with one attached hydrogen (secondary N) is 1. The quantitative estimate of drug-likeness (QED) is 0.742. The van der Waals surface area contributed by atoms with Crippen LogP contribution in [0.4, 0.5) is 0 Å². The molecule has 0 saturated heterocycles. The van der Waals surface area contributed by atoms with E-state index < -0.39 is 9.84 Å². The van der Waals surface area contributed by atoms with Gasteiger partial charge in [0.05, 0.1) is 0 Å². The summed E-state index contributed by atoms with van der Waals surface area (Å²) in [5, 5.41) is 3.56. The largest absolute Gasteiger partial charge is 0.312 e. The van der Waals surface area contributed by atoms with Crippen molar-refractivity contribution in [2.24, 2.45) is 5.41 Å². The van der Waals surface area contributed by atoms with E-state index in [-0.39, 0.29) is 11.0 Å². The van der Waals surface area contributed by atoms with Crippen LogP contribution in [0.1, 0.15) is 60.3 Å².